The van der Waals surface area contributed by atoms with Gasteiger partial charge in [-0.2, -0.15) is 0 Å². The van der Waals surface area contributed by atoms with Crippen molar-refractivity contribution >= 4 is 17.8 Å². The van der Waals surface area contributed by atoms with Gasteiger partial charge in [0.05, 0.1) is 0 Å². The molecule has 0 aliphatic rings. The van der Waals surface area contributed by atoms with Crippen LogP contribution in [-0.2, 0) is 17.8 Å². The van der Waals surface area contributed by atoms with Crippen LogP contribution in [0.25, 0.3) is 6.08 Å². The number of imidazole rings is 1. The minimum Gasteiger partial charge on any atom is -0.479 e. The predicted molar refractivity (Wildman–Crippen MR) is 124 cm³/mol. The maximum absolute atomic E-state index is 12.9. The zero-order valence-electron chi connectivity index (χ0n) is 18.6. The van der Waals surface area contributed by atoms with Crippen molar-refractivity contribution < 1.29 is 19.4 Å². The SMILES string of the molecule is CC(C)Cc1ccc(C(=O)c2nccn2C/C=C/c2cccc(O[C@@H](C)C(=O)O)c2)cc1. The second-order valence-corrected chi connectivity index (χ2v) is 8.10. The number of aromatic nitrogens is 2. The van der Waals surface area contributed by atoms with Crippen molar-refractivity contribution in [3.05, 3.63) is 89.5 Å². The van der Waals surface area contributed by atoms with Gasteiger partial charge in [-0.1, -0.05) is 62.4 Å². The van der Waals surface area contributed by atoms with Gasteiger partial charge in [-0.25, -0.2) is 9.78 Å². The molecule has 3 aromatic rings. The van der Waals surface area contributed by atoms with E-state index in [9.17, 15) is 9.59 Å². The molecule has 2 aromatic carbocycles. The summed E-state index contributed by atoms with van der Waals surface area (Å²) in [6, 6.07) is 14.9. The van der Waals surface area contributed by atoms with Crippen molar-refractivity contribution in [2.75, 3.05) is 0 Å². The topological polar surface area (TPSA) is 81.4 Å². The fraction of sp³-hybridized carbons (Fsp3) is 0.269. The monoisotopic (exact) mass is 432 g/mol. The minimum absolute atomic E-state index is 0.113. The quantitative estimate of drug-likeness (QED) is 0.462. The van der Waals surface area contributed by atoms with Gasteiger partial charge in [-0.15, -0.1) is 0 Å². The molecule has 0 spiro atoms. The van der Waals surface area contributed by atoms with E-state index in [-0.39, 0.29) is 5.78 Å². The van der Waals surface area contributed by atoms with Crippen molar-refractivity contribution in [1.29, 1.82) is 0 Å². The minimum atomic E-state index is -1.02. The molecule has 0 bridgehead atoms. The van der Waals surface area contributed by atoms with E-state index in [1.54, 1.807) is 35.2 Å². The van der Waals surface area contributed by atoms with Crippen molar-refractivity contribution in [3.63, 3.8) is 0 Å². The lowest BCUT2D eigenvalue weighted by atomic mass is 10.0. The lowest BCUT2D eigenvalue weighted by molar-refractivity contribution is -0.144. The summed E-state index contributed by atoms with van der Waals surface area (Å²) in [5.74, 6) is 0.311. The highest BCUT2D eigenvalue weighted by Crippen LogP contribution is 2.17. The Bertz CT molecular complexity index is 1100. The van der Waals surface area contributed by atoms with E-state index in [0.717, 1.165) is 12.0 Å². The molecular weight excluding hydrogens is 404 g/mol. The first-order chi connectivity index (χ1) is 15.3. The lowest BCUT2D eigenvalue weighted by Crippen LogP contribution is -2.22. The molecule has 0 unspecified atom stereocenters. The molecule has 1 aromatic heterocycles. The summed E-state index contributed by atoms with van der Waals surface area (Å²) in [4.78, 5) is 28.1. The van der Waals surface area contributed by atoms with Crippen LogP contribution in [0.1, 0.15) is 48.1 Å². The van der Waals surface area contributed by atoms with Crippen molar-refractivity contribution in [2.24, 2.45) is 5.92 Å². The van der Waals surface area contributed by atoms with Crippen LogP contribution in [0.3, 0.4) is 0 Å². The molecule has 6 heteroatoms. The zero-order valence-corrected chi connectivity index (χ0v) is 18.6. The first-order valence-corrected chi connectivity index (χ1v) is 10.6. The summed E-state index contributed by atoms with van der Waals surface area (Å²) in [5, 5.41) is 8.99. The normalized spacial score (nSPS) is 12.2. The summed E-state index contributed by atoms with van der Waals surface area (Å²) >= 11 is 0. The number of hydrogen-bond donors (Lipinski definition) is 1. The van der Waals surface area contributed by atoms with Crippen LogP contribution < -0.4 is 4.74 Å². The van der Waals surface area contributed by atoms with Gasteiger partial charge in [0.15, 0.2) is 11.9 Å². The molecule has 32 heavy (non-hydrogen) atoms. The first-order valence-electron chi connectivity index (χ1n) is 10.6. The summed E-state index contributed by atoms with van der Waals surface area (Å²) < 4.78 is 7.20. The molecule has 166 valence electrons. The van der Waals surface area contributed by atoms with Crippen LogP contribution in [0, 0.1) is 5.92 Å². The standard InChI is InChI=1S/C26H28N2O4/c1-18(2)16-21-9-11-22(12-10-21)24(29)25-27-13-15-28(25)14-5-7-20-6-4-8-23(17-20)32-19(3)26(30)31/h4-13,15,17-19H,14,16H2,1-3H3,(H,30,31)/b7-5+/t19-/m0/s1. The Balaban J connectivity index is 1.67. The van der Waals surface area contributed by atoms with Gasteiger partial charge in [0, 0.05) is 24.5 Å². The predicted octanol–water partition coefficient (Wildman–Crippen LogP) is 4.88. The highest BCUT2D eigenvalue weighted by molar-refractivity contribution is 6.06. The van der Waals surface area contributed by atoms with Gasteiger partial charge in [-0.05, 0) is 42.5 Å². The molecule has 0 saturated heterocycles. The maximum Gasteiger partial charge on any atom is 0.344 e. The smallest absolute Gasteiger partial charge is 0.344 e. The molecule has 1 heterocycles. The van der Waals surface area contributed by atoms with Gasteiger partial charge < -0.3 is 14.4 Å². The van der Waals surface area contributed by atoms with Crippen LogP contribution in [-0.4, -0.2) is 32.5 Å². The van der Waals surface area contributed by atoms with E-state index in [0.29, 0.717) is 29.6 Å². The number of carboxylic acid groups (broad SMARTS) is 1. The van der Waals surface area contributed by atoms with Crippen LogP contribution in [0.2, 0.25) is 0 Å². The highest BCUT2D eigenvalue weighted by Gasteiger charge is 2.15. The van der Waals surface area contributed by atoms with E-state index in [1.165, 1.54) is 12.5 Å². The molecule has 6 nitrogen and oxygen atoms in total. The number of allylic oxidation sites excluding steroid dienone is 1. The average molecular weight is 433 g/mol. The number of nitrogens with zero attached hydrogens (tertiary/aromatic N) is 2. The highest BCUT2D eigenvalue weighted by atomic mass is 16.5. The molecule has 1 N–H and O–H groups in total. The number of benzene rings is 2. The summed E-state index contributed by atoms with van der Waals surface area (Å²) in [5.41, 5.74) is 2.70. The number of carbonyl (C=O) groups excluding carboxylic acids is 1. The zero-order chi connectivity index (χ0) is 23.1. The Labute approximate surface area is 188 Å². The molecule has 0 aliphatic carbocycles. The molecule has 0 fully saturated rings. The van der Waals surface area contributed by atoms with Gasteiger partial charge in [0.1, 0.15) is 5.75 Å². The molecule has 0 amide bonds. The fourth-order valence-electron chi connectivity index (χ4n) is 3.31. The molecule has 1 atom stereocenters. The van der Waals surface area contributed by atoms with Gasteiger partial charge in [0.25, 0.3) is 0 Å². The van der Waals surface area contributed by atoms with Crippen LogP contribution in [0.15, 0.2) is 67.0 Å². The first kappa shape index (κ1) is 23.0. The lowest BCUT2D eigenvalue weighted by Gasteiger charge is -2.10. The van der Waals surface area contributed by atoms with Gasteiger partial charge >= 0.3 is 5.97 Å². The van der Waals surface area contributed by atoms with Crippen LogP contribution in [0.4, 0.5) is 0 Å². The van der Waals surface area contributed by atoms with Crippen LogP contribution >= 0.6 is 0 Å². The molecule has 0 radical (unpaired) electrons. The van der Waals surface area contributed by atoms with E-state index in [2.05, 4.69) is 18.8 Å². The van der Waals surface area contributed by atoms with Gasteiger partial charge in [0.2, 0.25) is 5.78 Å². The number of hydrogen-bond acceptors (Lipinski definition) is 4. The van der Waals surface area contributed by atoms with E-state index < -0.39 is 12.1 Å². The maximum atomic E-state index is 12.9. The fourth-order valence-corrected chi connectivity index (χ4v) is 3.31. The summed E-state index contributed by atoms with van der Waals surface area (Å²) in [7, 11) is 0. The second kappa shape index (κ2) is 10.6. The number of carboxylic acids is 1. The molecule has 3 rings (SSSR count). The van der Waals surface area contributed by atoms with E-state index in [4.69, 9.17) is 9.84 Å². The molecular formula is C26H28N2O4. The average Bonchev–Trinajstić information content (AvgIpc) is 3.22. The summed E-state index contributed by atoms with van der Waals surface area (Å²) in [6.45, 7) is 6.30. The number of ketones is 1. The summed E-state index contributed by atoms with van der Waals surface area (Å²) in [6.07, 6.45) is 7.27. The van der Waals surface area contributed by atoms with Gasteiger partial charge in [-0.3, -0.25) is 4.79 Å². The van der Waals surface area contributed by atoms with Crippen molar-refractivity contribution in [3.8, 4) is 5.75 Å². The molecule has 0 aliphatic heterocycles. The third kappa shape index (κ3) is 6.17. The number of ether oxygens (including phenoxy) is 1. The number of aliphatic carboxylic acids is 1. The Hall–Kier alpha value is -3.67. The largest absolute Gasteiger partial charge is 0.479 e. The van der Waals surface area contributed by atoms with Crippen molar-refractivity contribution in [2.45, 2.75) is 39.8 Å². The van der Waals surface area contributed by atoms with Crippen LogP contribution in [0.5, 0.6) is 5.75 Å². The van der Waals surface area contributed by atoms with Crippen molar-refractivity contribution in [1.82, 2.24) is 9.55 Å². The Kier molecular flexibility index (Phi) is 7.60. The number of carbonyl (C=O) groups is 2. The number of rotatable bonds is 10. The third-order valence-electron chi connectivity index (χ3n) is 4.91. The Morgan fingerprint density at radius 3 is 2.56 bits per heavy atom. The Morgan fingerprint density at radius 1 is 1.12 bits per heavy atom. The third-order valence-corrected chi connectivity index (χ3v) is 4.91. The Morgan fingerprint density at radius 2 is 1.88 bits per heavy atom. The van der Waals surface area contributed by atoms with E-state index in [1.807, 2.05) is 42.5 Å². The second-order valence-electron chi connectivity index (χ2n) is 8.10. The van der Waals surface area contributed by atoms with E-state index >= 15 is 0 Å². The molecule has 0 saturated carbocycles.